The molecule has 0 aromatic rings. The molecule has 5 heteroatoms. The highest BCUT2D eigenvalue weighted by molar-refractivity contribution is 5.84. The molecule has 2 rings (SSSR count). The Balaban J connectivity index is 2.12. The SMILES string of the molecule is O=C(NC1=CCCC2=C1CC=C2)C(F)(F)F. The quantitative estimate of drug-likeness (QED) is 0.735. The van der Waals surface area contributed by atoms with Crippen molar-refractivity contribution in [2.24, 2.45) is 0 Å². The fourth-order valence-corrected chi connectivity index (χ4v) is 1.88. The Morgan fingerprint density at radius 2 is 2.12 bits per heavy atom. The van der Waals surface area contributed by atoms with E-state index in [-0.39, 0.29) is 0 Å². The molecule has 16 heavy (non-hydrogen) atoms. The first-order chi connectivity index (χ1) is 7.48. The van der Waals surface area contributed by atoms with E-state index in [1.165, 1.54) is 0 Å². The summed E-state index contributed by atoms with van der Waals surface area (Å²) in [4.78, 5) is 10.8. The maximum Gasteiger partial charge on any atom is 0.471 e. The molecule has 0 spiro atoms. The zero-order valence-electron chi connectivity index (χ0n) is 8.40. The lowest BCUT2D eigenvalue weighted by Gasteiger charge is -2.18. The Kier molecular flexibility index (Phi) is 2.61. The van der Waals surface area contributed by atoms with Crippen LogP contribution in [0.3, 0.4) is 0 Å². The maximum atomic E-state index is 12.1. The molecule has 86 valence electrons. The van der Waals surface area contributed by atoms with E-state index >= 15 is 0 Å². The Morgan fingerprint density at radius 3 is 2.81 bits per heavy atom. The fraction of sp³-hybridized carbons (Fsp3) is 0.364. The minimum Gasteiger partial charge on any atom is -0.318 e. The highest BCUT2D eigenvalue weighted by Crippen LogP contribution is 2.32. The second-order valence-corrected chi connectivity index (χ2v) is 3.72. The average Bonchev–Trinajstić information content (AvgIpc) is 2.65. The van der Waals surface area contributed by atoms with Crippen LogP contribution >= 0.6 is 0 Å². The van der Waals surface area contributed by atoms with Crippen molar-refractivity contribution in [3.05, 3.63) is 35.1 Å². The van der Waals surface area contributed by atoms with Crippen molar-refractivity contribution in [3.8, 4) is 0 Å². The number of carbonyl (C=O) groups is 1. The van der Waals surface area contributed by atoms with Crippen molar-refractivity contribution in [1.29, 1.82) is 0 Å². The van der Waals surface area contributed by atoms with Crippen molar-refractivity contribution < 1.29 is 18.0 Å². The number of nitrogens with one attached hydrogen (secondary N) is 1. The molecule has 0 unspecified atom stereocenters. The van der Waals surface area contributed by atoms with Gasteiger partial charge in [-0.05, 0) is 30.4 Å². The van der Waals surface area contributed by atoms with Crippen LogP contribution in [0.25, 0.3) is 0 Å². The fourth-order valence-electron chi connectivity index (χ4n) is 1.88. The summed E-state index contributed by atoms with van der Waals surface area (Å²) >= 11 is 0. The van der Waals surface area contributed by atoms with E-state index < -0.39 is 12.1 Å². The first kappa shape index (κ1) is 11.0. The molecule has 0 saturated heterocycles. The molecule has 2 aliphatic carbocycles. The topological polar surface area (TPSA) is 29.1 Å². The summed E-state index contributed by atoms with van der Waals surface area (Å²) in [5.74, 6) is -1.90. The van der Waals surface area contributed by atoms with Crippen molar-refractivity contribution in [2.45, 2.75) is 25.4 Å². The monoisotopic (exact) mass is 229 g/mol. The molecule has 0 bridgehead atoms. The van der Waals surface area contributed by atoms with Crippen LogP contribution in [0, 0.1) is 0 Å². The van der Waals surface area contributed by atoms with E-state index in [1.54, 1.807) is 6.08 Å². The van der Waals surface area contributed by atoms with Crippen LogP contribution in [0.1, 0.15) is 19.3 Å². The number of amides is 1. The van der Waals surface area contributed by atoms with Gasteiger partial charge in [0.2, 0.25) is 0 Å². The number of alkyl halides is 3. The zero-order chi connectivity index (χ0) is 11.8. The largest absolute Gasteiger partial charge is 0.471 e. The third kappa shape index (κ3) is 2.03. The summed E-state index contributed by atoms with van der Waals surface area (Å²) in [7, 11) is 0. The van der Waals surface area contributed by atoms with Gasteiger partial charge in [0.25, 0.3) is 0 Å². The Hall–Kier alpha value is -1.52. The van der Waals surface area contributed by atoms with Gasteiger partial charge in [-0.2, -0.15) is 13.2 Å². The Morgan fingerprint density at radius 1 is 1.38 bits per heavy atom. The van der Waals surface area contributed by atoms with Gasteiger partial charge < -0.3 is 5.32 Å². The van der Waals surface area contributed by atoms with Crippen LogP contribution in [0.15, 0.2) is 35.1 Å². The van der Waals surface area contributed by atoms with Crippen LogP contribution in [0.4, 0.5) is 13.2 Å². The van der Waals surface area contributed by atoms with Gasteiger partial charge >= 0.3 is 12.1 Å². The van der Waals surface area contributed by atoms with Crippen molar-refractivity contribution in [2.75, 3.05) is 0 Å². The van der Waals surface area contributed by atoms with Crippen LogP contribution in [0.5, 0.6) is 0 Å². The summed E-state index contributed by atoms with van der Waals surface area (Å²) in [6.07, 6.45) is 2.71. The second kappa shape index (κ2) is 3.81. The molecule has 0 fully saturated rings. The van der Waals surface area contributed by atoms with Gasteiger partial charge in [-0.1, -0.05) is 18.2 Å². The summed E-state index contributed by atoms with van der Waals surface area (Å²) in [6.45, 7) is 0. The van der Waals surface area contributed by atoms with Crippen molar-refractivity contribution in [1.82, 2.24) is 5.32 Å². The van der Waals surface area contributed by atoms with Crippen LogP contribution < -0.4 is 5.32 Å². The lowest BCUT2D eigenvalue weighted by atomic mass is 9.97. The Labute approximate surface area is 90.5 Å². The first-order valence-corrected chi connectivity index (χ1v) is 4.96. The standard InChI is InChI=1S/C11H10F3NO/c12-11(13,14)10(16)15-9-6-2-4-7-3-1-5-8(7)9/h1,3,6H,2,4-5H2,(H,15,16). The van der Waals surface area contributed by atoms with E-state index in [1.807, 2.05) is 17.5 Å². The van der Waals surface area contributed by atoms with Crippen LogP contribution in [-0.2, 0) is 4.79 Å². The number of hydrogen-bond acceptors (Lipinski definition) is 1. The molecule has 0 radical (unpaired) electrons. The molecule has 0 aliphatic heterocycles. The van der Waals surface area contributed by atoms with Gasteiger partial charge in [-0.25, -0.2) is 0 Å². The molecule has 1 N–H and O–H groups in total. The smallest absolute Gasteiger partial charge is 0.318 e. The predicted molar refractivity (Wildman–Crippen MR) is 52.3 cm³/mol. The molecule has 2 nitrogen and oxygen atoms in total. The lowest BCUT2D eigenvalue weighted by Crippen LogP contribution is -2.37. The number of halogens is 3. The first-order valence-electron chi connectivity index (χ1n) is 4.96. The summed E-state index contributed by atoms with van der Waals surface area (Å²) in [5, 5.41) is 1.93. The van der Waals surface area contributed by atoms with Gasteiger partial charge in [-0.15, -0.1) is 0 Å². The van der Waals surface area contributed by atoms with E-state index in [4.69, 9.17) is 0 Å². The average molecular weight is 229 g/mol. The lowest BCUT2D eigenvalue weighted by molar-refractivity contribution is -0.172. The molecule has 1 amide bonds. The normalized spacial score (nSPS) is 19.6. The minimum absolute atomic E-state index is 0.313. The molecule has 0 heterocycles. The molecular weight excluding hydrogens is 219 g/mol. The second-order valence-electron chi connectivity index (χ2n) is 3.72. The van der Waals surface area contributed by atoms with Crippen LogP contribution in [-0.4, -0.2) is 12.1 Å². The third-order valence-corrected chi connectivity index (χ3v) is 2.62. The number of rotatable bonds is 1. The zero-order valence-corrected chi connectivity index (χ0v) is 8.40. The van der Waals surface area contributed by atoms with E-state index in [0.29, 0.717) is 18.5 Å². The predicted octanol–water partition coefficient (Wildman–Crippen LogP) is 2.60. The highest BCUT2D eigenvalue weighted by Gasteiger charge is 2.39. The molecule has 2 aliphatic rings. The van der Waals surface area contributed by atoms with Gasteiger partial charge in [-0.3, -0.25) is 4.79 Å². The molecule has 0 saturated carbocycles. The number of hydrogen-bond donors (Lipinski definition) is 1. The van der Waals surface area contributed by atoms with E-state index in [0.717, 1.165) is 17.6 Å². The molecular formula is C11H10F3NO. The van der Waals surface area contributed by atoms with Gasteiger partial charge in [0.1, 0.15) is 0 Å². The highest BCUT2D eigenvalue weighted by atomic mass is 19.4. The van der Waals surface area contributed by atoms with Gasteiger partial charge in [0, 0.05) is 5.70 Å². The summed E-state index contributed by atoms with van der Waals surface area (Å²) in [5.41, 5.74) is 2.15. The summed E-state index contributed by atoms with van der Waals surface area (Å²) in [6, 6.07) is 0. The van der Waals surface area contributed by atoms with Crippen LogP contribution in [0.2, 0.25) is 0 Å². The van der Waals surface area contributed by atoms with E-state index in [9.17, 15) is 18.0 Å². The van der Waals surface area contributed by atoms with Gasteiger partial charge in [0.05, 0.1) is 0 Å². The number of allylic oxidation sites excluding steroid dienone is 5. The van der Waals surface area contributed by atoms with E-state index in [2.05, 4.69) is 0 Å². The summed E-state index contributed by atoms with van der Waals surface area (Å²) < 4.78 is 36.2. The Bertz CT molecular complexity index is 415. The minimum atomic E-state index is -4.83. The molecule has 0 aromatic carbocycles. The van der Waals surface area contributed by atoms with Gasteiger partial charge in [0.15, 0.2) is 0 Å². The van der Waals surface area contributed by atoms with Crippen molar-refractivity contribution >= 4 is 5.91 Å². The molecule has 0 atom stereocenters. The number of carbonyl (C=O) groups excluding carboxylic acids is 1. The maximum absolute atomic E-state index is 12.1. The van der Waals surface area contributed by atoms with Crippen molar-refractivity contribution in [3.63, 3.8) is 0 Å². The molecule has 0 aromatic heterocycles. The third-order valence-electron chi connectivity index (χ3n) is 2.62.